The Kier molecular flexibility index (Phi) is 7.03. The molecule has 0 aliphatic carbocycles. The molecule has 1 amide bonds. The quantitative estimate of drug-likeness (QED) is 0.680. The molecule has 0 radical (unpaired) electrons. The highest BCUT2D eigenvalue weighted by atomic mass is 79.9. The number of alkyl halides is 3. The number of nitrogens with one attached hydrogen (secondary N) is 1. The van der Waals surface area contributed by atoms with Crippen LogP contribution in [0.25, 0.3) is 0 Å². The lowest BCUT2D eigenvalue weighted by Gasteiger charge is -2.15. The third-order valence-corrected chi connectivity index (χ3v) is 3.87. The largest absolute Gasteiger partial charge is 0.491 e. The highest BCUT2D eigenvalue weighted by Gasteiger charge is 2.30. The van der Waals surface area contributed by atoms with Gasteiger partial charge in [-0.05, 0) is 40.2 Å². The van der Waals surface area contributed by atoms with Gasteiger partial charge in [0.25, 0.3) is 5.56 Å². The Hall–Kier alpha value is -2.33. The average molecular weight is 449 g/mol. The van der Waals surface area contributed by atoms with Crippen LogP contribution in [0.1, 0.15) is 5.56 Å². The predicted octanol–water partition coefficient (Wildman–Crippen LogP) is 2.19. The Labute approximate surface area is 160 Å². The number of pyridine rings is 1. The van der Waals surface area contributed by atoms with Crippen molar-refractivity contribution < 1.29 is 27.8 Å². The van der Waals surface area contributed by atoms with E-state index in [0.29, 0.717) is 4.47 Å². The van der Waals surface area contributed by atoms with Gasteiger partial charge in [-0.25, -0.2) is 0 Å². The van der Waals surface area contributed by atoms with Gasteiger partial charge >= 0.3 is 6.18 Å². The molecular formula is C17H16BrF3N2O4. The third kappa shape index (κ3) is 6.72. The van der Waals surface area contributed by atoms with Gasteiger partial charge in [0, 0.05) is 23.3 Å². The predicted molar refractivity (Wildman–Crippen MR) is 94.4 cm³/mol. The third-order valence-electron chi connectivity index (χ3n) is 3.40. The number of halogens is 4. The smallest absolute Gasteiger partial charge is 0.416 e. The number of carbonyl (C=O) groups excluding carboxylic acids is 1. The number of aromatic nitrogens is 1. The van der Waals surface area contributed by atoms with E-state index < -0.39 is 23.8 Å². The molecule has 0 spiro atoms. The number of hydrogen-bond acceptors (Lipinski definition) is 4. The fourth-order valence-electron chi connectivity index (χ4n) is 2.08. The topological polar surface area (TPSA) is 80.6 Å². The van der Waals surface area contributed by atoms with Crippen LogP contribution in [-0.2, 0) is 17.5 Å². The first-order valence-electron chi connectivity index (χ1n) is 7.76. The Balaban J connectivity index is 1.81. The molecule has 0 aliphatic heterocycles. The molecule has 0 saturated carbocycles. The van der Waals surface area contributed by atoms with Crippen LogP contribution >= 0.6 is 15.9 Å². The summed E-state index contributed by atoms with van der Waals surface area (Å²) in [5.41, 5.74) is -1.22. The van der Waals surface area contributed by atoms with Gasteiger partial charge in [-0.1, -0.05) is 6.07 Å². The Morgan fingerprint density at radius 1 is 1.30 bits per heavy atom. The first-order valence-corrected chi connectivity index (χ1v) is 8.55. The number of nitrogens with zero attached hydrogens (tertiary/aromatic N) is 1. The van der Waals surface area contributed by atoms with Crippen LogP contribution in [0.3, 0.4) is 0 Å². The Morgan fingerprint density at radius 2 is 2.04 bits per heavy atom. The van der Waals surface area contributed by atoms with Gasteiger partial charge in [-0.2, -0.15) is 13.2 Å². The number of amides is 1. The normalized spacial score (nSPS) is 12.5. The van der Waals surface area contributed by atoms with Crippen molar-refractivity contribution in [3.63, 3.8) is 0 Å². The molecule has 1 aromatic carbocycles. The van der Waals surface area contributed by atoms with Gasteiger partial charge in [0.05, 0.1) is 5.56 Å². The van der Waals surface area contributed by atoms with Crippen molar-refractivity contribution in [2.75, 3.05) is 13.2 Å². The number of aliphatic hydroxyl groups excluding tert-OH is 1. The zero-order valence-corrected chi connectivity index (χ0v) is 15.5. The van der Waals surface area contributed by atoms with Crippen LogP contribution in [0, 0.1) is 0 Å². The number of carbonyl (C=O) groups is 1. The van der Waals surface area contributed by atoms with Crippen LogP contribution in [0.4, 0.5) is 13.2 Å². The monoisotopic (exact) mass is 448 g/mol. The fraction of sp³-hybridized carbons (Fsp3) is 0.294. The van der Waals surface area contributed by atoms with E-state index in [0.717, 1.165) is 12.1 Å². The van der Waals surface area contributed by atoms with Crippen molar-refractivity contribution in [3.8, 4) is 5.75 Å². The first-order chi connectivity index (χ1) is 12.6. The van der Waals surface area contributed by atoms with Gasteiger partial charge in [-0.15, -0.1) is 0 Å². The molecule has 0 saturated heterocycles. The molecule has 1 atom stereocenters. The van der Waals surface area contributed by atoms with Crippen LogP contribution in [0.2, 0.25) is 0 Å². The summed E-state index contributed by atoms with van der Waals surface area (Å²) in [7, 11) is 0. The maximum Gasteiger partial charge on any atom is 0.416 e. The molecule has 0 fully saturated rings. The van der Waals surface area contributed by atoms with E-state index in [1.807, 2.05) is 0 Å². The molecule has 0 aliphatic rings. The van der Waals surface area contributed by atoms with E-state index in [-0.39, 0.29) is 31.0 Å². The van der Waals surface area contributed by atoms with Crippen LogP contribution in [-0.4, -0.2) is 34.8 Å². The first kappa shape index (κ1) is 21.0. The molecule has 2 rings (SSSR count). The minimum Gasteiger partial charge on any atom is -0.491 e. The number of hydrogen-bond donors (Lipinski definition) is 2. The summed E-state index contributed by atoms with van der Waals surface area (Å²) in [5.74, 6) is -0.552. The van der Waals surface area contributed by atoms with E-state index in [1.54, 1.807) is 6.07 Å². The minimum absolute atomic E-state index is 0.0455. The van der Waals surface area contributed by atoms with Crippen molar-refractivity contribution in [2.45, 2.75) is 18.8 Å². The molecule has 1 unspecified atom stereocenters. The van der Waals surface area contributed by atoms with E-state index in [9.17, 15) is 27.9 Å². The highest BCUT2D eigenvalue weighted by Crippen LogP contribution is 2.31. The van der Waals surface area contributed by atoms with Gasteiger partial charge < -0.3 is 19.7 Å². The molecule has 27 heavy (non-hydrogen) atoms. The molecule has 6 nitrogen and oxygen atoms in total. The zero-order chi connectivity index (χ0) is 20.0. The maximum atomic E-state index is 12.6. The fourth-order valence-corrected chi connectivity index (χ4v) is 2.46. The molecule has 10 heteroatoms. The average Bonchev–Trinajstić information content (AvgIpc) is 2.61. The van der Waals surface area contributed by atoms with Gasteiger partial charge in [0.2, 0.25) is 5.91 Å². The number of benzene rings is 1. The van der Waals surface area contributed by atoms with Crippen molar-refractivity contribution >= 4 is 21.8 Å². The molecule has 1 aromatic heterocycles. The summed E-state index contributed by atoms with van der Waals surface area (Å²) < 4.78 is 44.8. The summed E-state index contributed by atoms with van der Waals surface area (Å²) in [5, 5.41) is 12.2. The number of ether oxygens (including phenoxy) is 1. The van der Waals surface area contributed by atoms with Crippen molar-refractivity contribution in [2.24, 2.45) is 0 Å². The van der Waals surface area contributed by atoms with Crippen LogP contribution in [0.15, 0.2) is 51.9 Å². The van der Waals surface area contributed by atoms with E-state index in [1.165, 1.54) is 29.0 Å². The summed E-state index contributed by atoms with van der Waals surface area (Å²) in [4.78, 5) is 23.5. The summed E-state index contributed by atoms with van der Waals surface area (Å²) >= 11 is 3.19. The molecule has 146 valence electrons. The SMILES string of the molecule is O=C(Cn1cc(Br)ccc1=O)NCC(O)COc1cccc(C(F)(F)F)c1. The van der Waals surface area contributed by atoms with Crippen molar-refractivity contribution in [1.29, 1.82) is 0 Å². The minimum atomic E-state index is -4.49. The van der Waals surface area contributed by atoms with Crippen molar-refractivity contribution in [1.82, 2.24) is 9.88 Å². The lowest BCUT2D eigenvalue weighted by atomic mass is 10.2. The Morgan fingerprint density at radius 3 is 2.74 bits per heavy atom. The van der Waals surface area contributed by atoms with Crippen molar-refractivity contribution in [3.05, 3.63) is 63.0 Å². The van der Waals surface area contributed by atoms with Crippen LogP contribution < -0.4 is 15.6 Å². The van der Waals surface area contributed by atoms with E-state index in [2.05, 4.69) is 21.2 Å². The molecule has 2 N–H and O–H groups in total. The standard InChI is InChI=1S/C17H16BrF3N2O4/c18-12-4-5-16(26)23(8-12)9-15(25)22-7-13(24)10-27-14-3-1-2-11(6-14)17(19,20)21/h1-6,8,13,24H,7,9-10H2,(H,22,25). The van der Waals surface area contributed by atoms with E-state index >= 15 is 0 Å². The second kappa shape index (κ2) is 9.05. The van der Waals surface area contributed by atoms with Gasteiger partial charge in [0.1, 0.15) is 25.0 Å². The van der Waals surface area contributed by atoms with Gasteiger partial charge in [0.15, 0.2) is 0 Å². The lowest BCUT2D eigenvalue weighted by Crippen LogP contribution is -2.38. The summed E-state index contributed by atoms with van der Waals surface area (Å²) in [6, 6.07) is 7.11. The Bertz CT molecular complexity index is 855. The lowest BCUT2D eigenvalue weighted by molar-refractivity contribution is -0.137. The molecule has 0 bridgehead atoms. The zero-order valence-electron chi connectivity index (χ0n) is 13.9. The summed E-state index contributed by atoms with van der Waals surface area (Å²) in [6.07, 6.45) is -4.17. The number of rotatable bonds is 7. The molecular weight excluding hydrogens is 433 g/mol. The maximum absolute atomic E-state index is 12.6. The second-order valence-electron chi connectivity index (χ2n) is 5.61. The number of aliphatic hydroxyl groups is 1. The van der Waals surface area contributed by atoms with E-state index in [4.69, 9.17) is 4.74 Å². The molecule has 2 aromatic rings. The molecule has 1 heterocycles. The van der Waals surface area contributed by atoms with Gasteiger partial charge in [-0.3, -0.25) is 9.59 Å². The summed E-state index contributed by atoms with van der Waals surface area (Å²) in [6.45, 7) is -0.724. The second-order valence-corrected chi connectivity index (χ2v) is 6.52. The van der Waals surface area contributed by atoms with Crippen LogP contribution in [0.5, 0.6) is 5.75 Å². The highest BCUT2D eigenvalue weighted by molar-refractivity contribution is 9.10.